The molecule has 0 aliphatic heterocycles. The highest BCUT2D eigenvalue weighted by atomic mass is 16.5. The van der Waals surface area contributed by atoms with Gasteiger partial charge >= 0.3 is 0 Å². The lowest BCUT2D eigenvalue weighted by Crippen LogP contribution is -2.40. The lowest BCUT2D eigenvalue weighted by atomic mass is 9.92. The molecule has 0 spiro atoms. The van der Waals surface area contributed by atoms with Gasteiger partial charge in [0.2, 0.25) is 5.88 Å². The molecule has 3 rings (SSSR count). The molecule has 0 aromatic carbocycles. The van der Waals surface area contributed by atoms with Crippen LogP contribution in [0.2, 0.25) is 0 Å². The number of nitrogens with one attached hydrogen (secondary N) is 1. The molecule has 10 nitrogen and oxygen atoms in total. The number of fused-ring (bicyclic) bond motifs is 1. The Hall–Kier alpha value is -3.08. The van der Waals surface area contributed by atoms with Crippen LogP contribution in [0, 0.1) is 5.41 Å². The summed E-state index contributed by atoms with van der Waals surface area (Å²) in [6.07, 6.45) is 5.13. The van der Waals surface area contributed by atoms with E-state index >= 15 is 0 Å². The number of aliphatic hydroxyl groups excluding tert-OH is 1. The van der Waals surface area contributed by atoms with Crippen LogP contribution in [0.1, 0.15) is 40.5 Å². The van der Waals surface area contributed by atoms with E-state index in [0.717, 1.165) is 43.6 Å². The third-order valence-electron chi connectivity index (χ3n) is 6.36. The SMILES string of the molecule is CCCOCCn1c(=O)c(NCC(C)(C)CN(CC)CCCO)nc2ncc(-c3ccc(OC)nc3)cc21. The topological polar surface area (TPSA) is 115 Å². The molecule has 0 atom stereocenters. The maximum atomic E-state index is 13.6. The Morgan fingerprint density at radius 1 is 1.13 bits per heavy atom. The van der Waals surface area contributed by atoms with Gasteiger partial charge in [0.05, 0.1) is 19.2 Å². The monoisotopic (exact) mass is 526 g/mol. The van der Waals surface area contributed by atoms with Gasteiger partial charge in [-0.05, 0) is 36.9 Å². The van der Waals surface area contributed by atoms with Crippen molar-refractivity contribution in [3.63, 3.8) is 0 Å². The second kappa shape index (κ2) is 14.2. The average Bonchev–Trinajstić information content (AvgIpc) is 2.93. The molecular formula is C28H42N6O4. The number of pyridine rings is 2. The molecule has 38 heavy (non-hydrogen) atoms. The van der Waals surface area contributed by atoms with E-state index in [-0.39, 0.29) is 23.4 Å². The van der Waals surface area contributed by atoms with Gasteiger partial charge in [0.15, 0.2) is 11.5 Å². The van der Waals surface area contributed by atoms with Gasteiger partial charge < -0.3 is 24.8 Å². The van der Waals surface area contributed by atoms with Crippen molar-refractivity contribution in [1.29, 1.82) is 0 Å². The molecule has 0 saturated carbocycles. The quantitative estimate of drug-likeness (QED) is 0.271. The summed E-state index contributed by atoms with van der Waals surface area (Å²) in [6, 6.07) is 5.63. The summed E-state index contributed by atoms with van der Waals surface area (Å²) in [6.45, 7) is 13.3. The first kappa shape index (κ1) is 29.5. The van der Waals surface area contributed by atoms with Crippen LogP contribution in [0.4, 0.5) is 5.82 Å². The number of nitrogens with zero attached hydrogens (tertiary/aromatic N) is 5. The van der Waals surface area contributed by atoms with Crippen LogP contribution in [0.5, 0.6) is 5.88 Å². The minimum absolute atomic E-state index is 0.123. The molecule has 208 valence electrons. The molecule has 2 N–H and O–H groups in total. The molecular weight excluding hydrogens is 484 g/mol. The predicted octanol–water partition coefficient (Wildman–Crippen LogP) is 3.43. The van der Waals surface area contributed by atoms with E-state index in [0.29, 0.717) is 43.3 Å². The van der Waals surface area contributed by atoms with Gasteiger partial charge in [0.25, 0.3) is 5.56 Å². The van der Waals surface area contributed by atoms with Crippen molar-refractivity contribution < 1.29 is 14.6 Å². The molecule has 0 bridgehead atoms. The second-order valence-electron chi connectivity index (χ2n) is 10.1. The Labute approximate surface area is 225 Å². The average molecular weight is 527 g/mol. The predicted molar refractivity (Wildman–Crippen MR) is 151 cm³/mol. The molecule has 0 amide bonds. The van der Waals surface area contributed by atoms with Crippen molar-refractivity contribution in [3.8, 4) is 17.0 Å². The van der Waals surface area contributed by atoms with Crippen LogP contribution in [0.25, 0.3) is 22.3 Å². The zero-order valence-electron chi connectivity index (χ0n) is 23.4. The fourth-order valence-electron chi connectivity index (χ4n) is 4.32. The number of aliphatic hydroxyl groups is 1. The van der Waals surface area contributed by atoms with Gasteiger partial charge in [0, 0.05) is 69.0 Å². The number of aromatic nitrogens is 4. The standard InChI is InChI=1S/C28H42N6O4/c1-6-14-38-15-12-34-23-16-22(21-9-10-24(37-5)29-17-21)18-30-25(23)32-26(27(34)36)31-19-28(3,4)20-33(7-2)11-8-13-35/h9-10,16-18,35H,6-8,11-15,19-20H2,1-5H3,(H,30,31,32). The highest BCUT2D eigenvalue weighted by Crippen LogP contribution is 2.24. The van der Waals surface area contributed by atoms with Crippen LogP contribution in [0.15, 0.2) is 35.4 Å². The highest BCUT2D eigenvalue weighted by Gasteiger charge is 2.23. The van der Waals surface area contributed by atoms with E-state index in [1.165, 1.54) is 0 Å². The van der Waals surface area contributed by atoms with Gasteiger partial charge in [-0.25, -0.2) is 15.0 Å². The highest BCUT2D eigenvalue weighted by molar-refractivity contribution is 5.78. The number of hydrogen-bond acceptors (Lipinski definition) is 9. The Balaban J connectivity index is 1.90. The van der Waals surface area contributed by atoms with E-state index in [4.69, 9.17) is 9.47 Å². The first-order chi connectivity index (χ1) is 18.3. The van der Waals surface area contributed by atoms with Crippen molar-refractivity contribution in [2.75, 3.05) is 58.4 Å². The smallest absolute Gasteiger partial charge is 0.293 e. The third kappa shape index (κ3) is 7.96. The first-order valence-electron chi connectivity index (χ1n) is 13.4. The fourth-order valence-corrected chi connectivity index (χ4v) is 4.32. The van der Waals surface area contributed by atoms with Gasteiger partial charge in [-0.1, -0.05) is 27.7 Å². The summed E-state index contributed by atoms with van der Waals surface area (Å²) < 4.78 is 12.6. The molecule has 0 radical (unpaired) electrons. The summed E-state index contributed by atoms with van der Waals surface area (Å²) in [5, 5.41) is 12.5. The molecule has 0 unspecified atom stereocenters. The van der Waals surface area contributed by atoms with E-state index in [1.807, 2.05) is 12.1 Å². The molecule has 3 aromatic heterocycles. The number of anilines is 1. The fraction of sp³-hybridized carbons (Fsp3) is 0.571. The van der Waals surface area contributed by atoms with Crippen LogP contribution in [0.3, 0.4) is 0 Å². The number of ether oxygens (including phenoxy) is 2. The van der Waals surface area contributed by atoms with Crippen molar-refractivity contribution in [1.82, 2.24) is 24.4 Å². The lowest BCUT2D eigenvalue weighted by Gasteiger charge is -2.32. The molecule has 3 aromatic rings. The van der Waals surface area contributed by atoms with Crippen LogP contribution < -0.4 is 15.6 Å². The second-order valence-corrected chi connectivity index (χ2v) is 10.1. The van der Waals surface area contributed by atoms with E-state index in [2.05, 4.69) is 52.9 Å². The molecule has 0 aliphatic carbocycles. The van der Waals surface area contributed by atoms with Crippen LogP contribution in [-0.2, 0) is 11.3 Å². The zero-order chi connectivity index (χ0) is 27.5. The van der Waals surface area contributed by atoms with Gasteiger partial charge in [-0.15, -0.1) is 0 Å². The molecule has 0 saturated heterocycles. The number of hydrogen-bond donors (Lipinski definition) is 2. The van der Waals surface area contributed by atoms with Gasteiger partial charge in [-0.3, -0.25) is 9.36 Å². The maximum absolute atomic E-state index is 13.6. The van der Waals surface area contributed by atoms with E-state index < -0.39 is 0 Å². The molecule has 0 aliphatic rings. The Kier molecular flexibility index (Phi) is 11.0. The van der Waals surface area contributed by atoms with E-state index in [9.17, 15) is 9.90 Å². The Morgan fingerprint density at radius 3 is 2.58 bits per heavy atom. The summed E-state index contributed by atoms with van der Waals surface area (Å²) in [4.78, 5) is 29.4. The van der Waals surface area contributed by atoms with Crippen molar-refractivity contribution in [3.05, 3.63) is 40.9 Å². The van der Waals surface area contributed by atoms with Crippen molar-refractivity contribution in [2.45, 2.75) is 47.1 Å². The molecule has 0 fully saturated rings. The normalized spacial score (nSPS) is 11.9. The lowest BCUT2D eigenvalue weighted by molar-refractivity contribution is 0.127. The zero-order valence-corrected chi connectivity index (χ0v) is 23.4. The van der Waals surface area contributed by atoms with Gasteiger partial charge in [0.1, 0.15) is 0 Å². The molecule has 3 heterocycles. The van der Waals surface area contributed by atoms with E-state index in [1.54, 1.807) is 30.1 Å². The minimum atomic E-state index is -0.201. The minimum Gasteiger partial charge on any atom is -0.481 e. The summed E-state index contributed by atoms with van der Waals surface area (Å²) in [5.74, 6) is 0.814. The number of methoxy groups -OCH3 is 1. The Bertz CT molecular complexity index is 1210. The molecule has 10 heteroatoms. The van der Waals surface area contributed by atoms with Crippen LogP contribution >= 0.6 is 0 Å². The first-order valence-corrected chi connectivity index (χ1v) is 13.4. The van der Waals surface area contributed by atoms with Crippen molar-refractivity contribution in [2.24, 2.45) is 5.41 Å². The van der Waals surface area contributed by atoms with Gasteiger partial charge in [-0.2, -0.15) is 0 Å². The Morgan fingerprint density at radius 2 is 1.92 bits per heavy atom. The summed E-state index contributed by atoms with van der Waals surface area (Å²) in [7, 11) is 1.58. The third-order valence-corrected chi connectivity index (χ3v) is 6.36. The summed E-state index contributed by atoms with van der Waals surface area (Å²) >= 11 is 0. The maximum Gasteiger partial charge on any atom is 0.293 e. The largest absolute Gasteiger partial charge is 0.481 e. The van der Waals surface area contributed by atoms with Crippen molar-refractivity contribution >= 4 is 17.0 Å². The van der Waals surface area contributed by atoms with Crippen LogP contribution in [-0.4, -0.2) is 82.6 Å². The summed E-state index contributed by atoms with van der Waals surface area (Å²) in [5.41, 5.74) is 2.52. The number of rotatable bonds is 16.